The number of hydrogen-bond acceptors (Lipinski definition) is 2. The summed E-state index contributed by atoms with van der Waals surface area (Å²) in [6.45, 7) is 11.3. The average Bonchev–Trinajstić information content (AvgIpc) is 2.68. The summed E-state index contributed by atoms with van der Waals surface area (Å²) in [6.07, 6.45) is 7.00. The van der Waals surface area contributed by atoms with Crippen molar-refractivity contribution in [3.63, 3.8) is 0 Å². The van der Waals surface area contributed by atoms with E-state index < -0.39 is 0 Å². The van der Waals surface area contributed by atoms with Crippen molar-refractivity contribution in [2.24, 2.45) is 11.3 Å². The Morgan fingerprint density at radius 1 is 1.19 bits per heavy atom. The molecule has 0 bridgehead atoms. The molecule has 0 aromatic rings. The second-order valence-electron chi connectivity index (χ2n) is 6.03. The topological polar surface area (TPSA) is 15.3 Å². The van der Waals surface area contributed by atoms with Gasteiger partial charge in [-0.15, -0.1) is 0 Å². The van der Waals surface area contributed by atoms with E-state index in [9.17, 15) is 0 Å². The molecule has 0 aromatic carbocycles. The molecule has 0 aliphatic carbocycles. The van der Waals surface area contributed by atoms with Crippen LogP contribution in [0.1, 0.15) is 46.0 Å². The fraction of sp³-hybridized carbons (Fsp3) is 1.00. The van der Waals surface area contributed by atoms with Crippen molar-refractivity contribution in [3.8, 4) is 0 Å². The smallest absolute Gasteiger partial charge is 0.00506 e. The molecule has 2 saturated heterocycles. The van der Waals surface area contributed by atoms with Crippen molar-refractivity contribution >= 4 is 0 Å². The van der Waals surface area contributed by atoms with Gasteiger partial charge >= 0.3 is 0 Å². The Labute approximate surface area is 101 Å². The highest BCUT2D eigenvalue weighted by molar-refractivity contribution is 4.95. The van der Waals surface area contributed by atoms with Crippen LogP contribution >= 0.6 is 0 Å². The van der Waals surface area contributed by atoms with Gasteiger partial charge in [0.15, 0.2) is 0 Å². The summed E-state index contributed by atoms with van der Waals surface area (Å²) in [5, 5.41) is 3.47. The van der Waals surface area contributed by atoms with Gasteiger partial charge < -0.3 is 10.2 Å². The summed E-state index contributed by atoms with van der Waals surface area (Å²) in [6, 6.07) is 0. The highest BCUT2D eigenvalue weighted by Gasteiger charge is 2.41. The minimum atomic E-state index is 0.704. The quantitative estimate of drug-likeness (QED) is 0.746. The molecule has 2 nitrogen and oxygen atoms in total. The number of hydrogen-bond donors (Lipinski definition) is 1. The molecule has 2 heterocycles. The van der Waals surface area contributed by atoms with Crippen LogP contribution in [0.15, 0.2) is 0 Å². The molecule has 16 heavy (non-hydrogen) atoms. The molecule has 0 amide bonds. The van der Waals surface area contributed by atoms with E-state index in [1.165, 1.54) is 64.8 Å². The lowest BCUT2D eigenvalue weighted by Crippen LogP contribution is -2.57. The van der Waals surface area contributed by atoms with E-state index in [2.05, 4.69) is 24.1 Å². The standard InChI is InChI=1S/C14H28N2/c1-3-6-14(7-4-2)11-16(12-14)10-13-5-8-15-9-13/h13,15H,3-12H2,1-2H3. The monoisotopic (exact) mass is 224 g/mol. The predicted octanol–water partition coefficient (Wildman–Crippen LogP) is 2.50. The first-order valence-corrected chi connectivity index (χ1v) is 7.21. The zero-order valence-corrected chi connectivity index (χ0v) is 11.1. The minimum absolute atomic E-state index is 0.704. The largest absolute Gasteiger partial charge is 0.316 e. The Hall–Kier alpha value is -0.0800. The predicted molar refractivity (Wildman–Crippen MR) is 69.7 cm³/mol. The SMILES string of the molecule is CCCC1(CCC)CN(CC2CCNC2)C1. The maximum absolute atomic E-state index is 3.47. The summed E-state index contributed by atoms with van der Waals surface area (Å²) in [7, 11) is 0. The third kappa shape index (κ3) is 2.78. The maximum atomic E-state index is 3.47. The van der Waals surface area contributed by atoms with E-state index in [1.807, 2.05) is 0 Å². The summed E-state index contributed by atoms with van der Waals surface area (Å²) in [4.78, 5) is 2.70. The van der Waals surface area contributed by atoms with Crippen LogP contribution in [-0.2, 0) is 0 Å². The van der Waals surface area contributed by atoms with E-state index in [0.717, 1.165) is 5.92 Å². The molecular weight excluding hydrogens is 196 g/mol. The summed E-state index contributed by atoms with van der Waals surface area (Å²) >= 11 is 0. The van der Waals surface area contributed by atoms with Crippen molar-refractivity contribution in [3.05, 3.63) is 0 Å². The molecule has 0 saturated carbocycles. The Kier molecular flexibility index (Phi) is 4.26. The zero-order valence-electron chi connectivity index (χ0n) is 11.1. The molecule has 94 valence electrons. The third-order valence-corrected chi connectivity index (χ3v) is 4.36. The second-order valence-corrected chi connectivity index (χ2v) is 6.03. The molecule has 2 heteroatoms. The van der Waals surface area contributed by atoms with Gasteiger partial charge in [0.25, 0.3) is 0 Å². The average molecular weight is 224 g/mol. The molecular formula is C14H28N2. The van der Waals surface area contributed by atoms with Gasteiger partial charge in [0, 0.05) is 19.6 Å². The van der Waals surface area contributed by atoms with Crippen LogP contribution in [0.5, 0.6) is 0 Å². The van der Waals surface area contributed by atoms with Gasteiger partial charge in [-0.05, 0) is 43.7 Å². The van der Waals surface area contributed by atoms with Crippen LogP contribution in [0, 0.1) is 11.3 Å². The highest BCUT2D eigenvalue weighted by Crippen LogP contribution is 2.39. The first kappa shape index (κ1) is 12.4. The molecule has 0 spiro atoms. The number of rotatable bonds is 6. The lowest BCUT2D eigenvalue weighted by atomic mass is 9.72. The Bertz CT molecular complexity index is 195. The van der Waals surface area contributed by atoms with E-state index in [-0.39, 0.29) is 0 Å². The van der Waals surface area contributed by atoms with Gasteiger partial charge in [-0.3, -0.25) is 0 Å². The van der Waals surface area contributed by atoms with Gasteiger partial charge in [0.1, 0.15) is 0 Å². The summed E-state index contributed by atoms with van der Waals surface area (Å²) in [5.41, 5.74) is 0.704. The molecule has 0 radical (unpaired) electrons. The second kappa shape index (κ2) is 5.50. The van der Waals surface area contributed by atoms with Crippen molar-refractivity contribution < 1.29 is 0 Å². The van der Waals surface area contributed by atoms with Gasteiger partial charge in [-0.25, -0.2) is 0 Å². The van der Waals surface area contributed by atoms with Crippen LogP contribution in [-0.4, -0.2) is 37.6 Å². The fourth-order valence-electron chi connectivity index (χ4n) is 3.77. The molecule has 1 atom stereocenters. The van der Waals surface area contributed by atoms with Crippen molar-refractivity contribution in [1.29, 1.82) is 0 Å². The lowest BCUT2D eigenvalue weighted by Gasteiger charge is -2.51. The van der Waals surface area contributed by atoms with Crippen LogP contribution in [0.25, 0.3) is 0 Å². The van der Waals surface area contributed by atoms with Gasteiger partial charge in [0.2, 0.25) is 0 Å². The van der Waals surface area contributed by atoms with E-state index in [1.54, 1.807) is 0 Å². The maximum Gasteiger partial charge on any atom is 0.00506 e. The number of likely N-dealkylation sites (tertiary alicyclic amines) is 1. The first-order chi connectivity index (χ1) is 7.78. The zero-order chi connectivity index (χ0) is 11.4. The third-order valence-electron chi connectivity index (χ3n) is 4.36. The van der Waals surface area contributed by atoms with Crippen LogP contribution in [0.4, 0.5) is 0 Å². The molecule has 2 aliphatic heterocycles. The molecule has 2 aliphatic rings. The molecule has 2 rings (SSSR count). The van der Waals surface area contributed by atoms with Crippen molar-refractivity contribution in [2.75, 3.05) is 32.7 Å². The number of nitrogens with zero attached hydrogens (tertiary/aromatic N) is 1. The van der Waals surface area contributed by atoms with Gasteiger partial charge in [-0.2, -0.15) is 0 Å². The van der Waals surface area contributed by atoms with E-state index in [4.69, 9.17) is 0 Å². The summed E-state index contributed by atoms with van der Waals surface area (Å²) in [5.74, 6) is 0.932. The van der Waals surface area contributed by atoms with Crippen LogP contribution < -0.4 is 5.32 Å². The van der Waals surface area contributed by atoms with E-state index in [0.29, 0.717) is 5.41 Å². The molecule has 1 N–H and O–H groups in total. The van der Waals surface area contributed by atoms with Crippen LogP contribution in [0.2, 0.25) is 0 Å². The van der Waals surface area contributed by atoms with E-state index >= 15 is 0 Å². The minimum Gasteiger partial charge on any atom is -0.316 e. The summed E-state index contributed by atoms with van der Waals surface area (Å²) < 4.78 is 0. The molecule has 1 unspecified atom stereocenters. The van der Waals surface area contributed by atoms with Crippen molar-refractivity contribution in [1.82, 2.24) is 10.2 Å². The van der Waals surface area contributed by atoms with Crippen LogP contribution in [0.3, 0.4) is 0 Å². The van der Waals surface area contributed by atoms with Gasteiger partial charge in [0.05, 0.1) is 0 Å². The first-order valence-electron chi connectivity index (χ1n) is 7.21. The normalized spacial score (nSPS) is 29.2. The molecule has 2 fully saturated rings. The molecule has 0 aromatic heterocycles. The Morgan fingerprint density at radius 2 is 1.88 bits per heavy atom. The van der Waals surface area contributed by atoms with Crippen molar-refractivity contribution in [2.45, 2.75) is 46.0 Å². The highest BCUT2D eigenvalue weighted by atomic mass is 15.2. The Balaban J connectivity index is 1.72. The lowest BCUT2D eigenvalue weighted by molar-refractivity contribution is -0.0223. The fourth-order valence-corrected chi connectivity index (χ4v) is 3.77. The van der Waals surface area contributed by atoms with Gasteiger partial charge in [-0.1, -0.05) is 26.7 Å². The Morgan fingerprint density at radius 3 is 2.38 bits per heavy atom. The number of nitrogens with one attached hydrogen (secondary N) is 1.